The van der Waals surface area contributed by atoms with Crippen molar-refractivity contribution < 1.29 is 14.3 Å². The molecule has 4 heteroatoms. The Labute approximate surface area is 98.6 Å². The zero-order chi connectivity index (χ0) is 11.7. The van der Waals surface area contributed by atoms with E-state index in [9.17, 15) is 4.79 Å². The van der Waals surface area contributed by atoms with E-state index in [1.807, 2.05) is 12.1 Å². The van der Waals surface area contributed by atoms with Gasteiger partial charge in [-0.1, -0.05) is 23.7 Å². The second-order valence-electron chi connectivity index (χ2n) is 3.45. The summed E-state index contributed by atoms with van der Waals surface area (Å²) in [6, 6.07) is 7.27. The molecule has 0 amide bonds. The molecule has 0 saturated carbocycles. The van der Waals surface area contributed by atoms with Crippen molar-refractivity contribution in [2.45, 2.75) is 5.92 Å². The molecule has 0 aromatic heterocycles. The monoisotopic (exact) mass is 238 g/mol. The Morgan fingerprint density at radius 3 is 2.19 bits per heavy atom. The smallest absolute Gasteiger partial charge is 0.211 e. The largest absolute Gasteiger partial charge is 0.497 e. The number of halogens is 1. The molecule has 1 aliphatic rings. The second kappa shape index (κ2) is 4.18. The number of allylic oxidation sites excluding steroid dienone is 2. The Balaban J connectivity index is 2.27. The summed E-state index contributed by atoms with van der Waals surface area (Å²) in [4.78, 5) is 11.7. The molecule has 1 unspecified atom stereocenters. The van der Waals surface area contributed by atoms with Crippen molar-refractivity contribution in [2.24, 2.45) is 0 Å². The third-order valence-corrected chi connectivity index (χ3v) is 3.00. The van der Waals surface area contributed by atoms with E-state index >= 15 is 0 Å². The molecule has 0 bridgehead atoms. The van der Waals surface area contributed by atoms with Crippen LogP contribution in [0.3, 0.4) is 0 Å². The molecule has 16 heavy (non-hydrogen) atoms. The average molecular weight is 239 g/mol. The molecular weight excluding hydrogens is 228 g/mol. The van der Waals surface area contributed by atoms with E-state index in [1.165, 1.54) is 7.11 Å². The Morgan fingerprint density at radius 1 is 1.12 bits per heavy atom. The quantitative estimate of drug-likeness (QED) is 0.812. The molecule has 1 atom stereocenters. The van der Waals surface area contributed by atoms with Gasteiger partial charge in [0.15, 0.2) is 5.76 Å². The van der Waals surface area contributed by atoms with Crippen LogP contribution in [-0.4, -0.2) is 20.0 Å². The van der Waals surface area contributed by atoms with Gasteiger partial charge in [0.05, 0.1) is 25.2 Å². The highest BCUT2D eigenvalue weighted by molar-refractivity contribution is 6.39. The van der Waals surface area contributed by atoms with Gasteiger partial charge in [-0.2, -0.15) is 0 Å². The molecule has 0 aliphatic heterocycles. The summed E-state index contributed by atoms with van der Waals surface area (Å²) in [5, 5.41) is 0.470. The third-order valence-electron chi connectivity index (χ3n) is 2.61. The molecule has 0 heterocycles. The van der Waals surface area contributed by atoms with Crippen molar-refractivity contribution in [3.05, 3.63) is 40.6 Å². The fourth-order valence-corrected chi connectivity index (χ4v) is 2.10. The van der Waals surface area contributed by atoms with Crippen LogP contribution in [0.4, 0.5) is 0 Å². The summed E-state index contributed by atoms with van der Waals surface area (Å²) in [6.45, 7) is 0. The topological polar surface area (TPSA) is 35.5 Å². The molecule has 1 aromatic carbocycles. The number of carbonyl (C=O) groups is 1. The number of Topliss-reactive ketones (excluding diaryl/α,β-unsaturated/α-hetero) is 1. The molecule has 0 N–H and O–H groups in total. The minimum Gasteiger partial charge on any atom is -0.497 e. The predicted molar refractivity (Wildman–Crippen MR) is 60.6 cm³/mol. The summed E-state index contributed by atoms with van der Waals surface area (Å²) < 4.78 is 9.92. The first-order chi connectivity index (χ1) is 7.69. The van der Waals surface area contributed by atoms with E-state index in [0.29, 0.717) is 5.03 Å². The predicted octanol–water partition coefficient (Wildman–Crippen LogP) is 2.46. The number of methoxy groups -OCH3 is 2. The molecule has 0 radical (unpaired) electrons. The van der Waals surface area contributed by atoms with Crippen LogP contribution in [0.2, 0.25) is 0 Å². The SMILES string of the molecule is COC1=C(Cl)C(c2ccc(OC)cc2)C1=O. The summed E-state index contributed by atoms with van der Waals surface area (Å²) in [7, 11) is 3.04. The van der Waals surface area contributed by atoms with Crippen LogP contribution in [0.5, 0.6) is 5.75 Å². The van der Waals surface area contributed by atoms with E-state index in [1.54, 1.807) is 19.2 Å². The first-order valence-corrected chi connectivity index (χ1v) is 5.18. The first kappa shape index (κ1) is 11.0. The van der Waals surface area contributed by atoms with Crippen LogP contribution in [0.1, 0.15) is 11.5 Å². The lowest BCUT2D eigenvalue weighted by Crippen LogP contribution is -2.27. The number of hydrogen-bond donors (Lipinski definition) is 0. The van der Waals surface area contributed by atoms with E-state index in [-0.39, 0.29) is 17.5 Å². The van der Waals surface area contributed by atoms with Crippen molar-refractivity contribution >= 4 is 17.4 Å². The summed E-state index contributed by atoms with van der Waals surface area (Å²) in [6.07, 6.45) is 0. The molecule has 84 valence electrons. The van der Waals surface area contributed by atoms with Gasteiger partial charge in [0, 0.05) is 0 Å². The zero-order valence-corrected chi connectivity index (χ0v) is 9.75. The Bertz CT molecular complexity index is 448. The Morgan fingerprint density at radius 2 is 1.75 bits per heavy atom. The summed E-state index contributed by atoms with van der Waals surface area (Å²) >= 11 is 5.99. The van der Waals surface area contributed by atoms with Crippen LogP contribution in [0, 0.1) is 0 Å². The first-order valence-electron chi connectivity index (χ1n) is 4.81. The van der Waals surface area contributed by atoms with Gasteiger partial charge in [-0.3, -0.25) is 4.79 Å². The van der Waals surface area contributed by atoms with Gasteiger partial charge in [-0.15, -0.1) is 0 Å². The van der Waals surface area contributed by atoms with Crippen molar-refractivity contribution in [2.75, 3.05) is 14.2 Å². The van der Waals surface area contributed by atoms with E-state index in [0.717, 1.165) is 11.3 Å². The van der Waals surface area contributed by atoms with Gasteiger partial charge in [-0.05, 0) is 17.7 Å². The second-order valence-corrected chi connectivity index (χ2v) is 3.86. The lowest BCUT2D eigenvalue weighted by atomic mass is 9.84. The lowest BCUT2D eigenvalue weighted by molar-refractivity contribution is -0.121. The van der Waals surface area contributed by atoms with Crippen molar-refractivity contribution in [1.29, 1.82) is 0 Å². The standard InChI is InChI=1S/C12H11ClO3/c1-15-8-5-3-7(4-6-8)9-10(13)12(16-2)11(9)14/h3-6,9H,1-2H3. The normalized spacial score (nSPS) is 19.4. The Kier molecular flexibility index (Phi) is 2.88. The summed E-state index contributed by atoms with van der Waals surface area (Å²) in [5.74, 6) is 0.574. The third kappa shape index (κ3) is 1.57. The number of hydrogen-bond acceptors (Lipinski definition) is 3. The number of rotatable bonds is 3. The van der Waals surface area contributed by atoms with Gasteiger partial charge in [0.25, 0.3) is 0 Å². The van der Waals surface area contributed by atoms with Crippen LogP contribution in [0.25, 0.3) is 0 Å². The molecule has 2 rings (SSSR count). The van der Waals surface area contributed by atoms with Gasteiger partial charge in [0.1, 0.15) is 5.75 Å². The van der Waals surface area contributed by atoms with Gasteiger partial charge < -0.3 is 9.47 Å². The van der Waals surface area contributed by atoms with Crippen LogP contribution >= 0.6 is 11.6 Å². The maximum absolute atomic E-state index is 11.7. The van der Waals surface area contributed by atoms with Crippen LogP contribution in [0.15, 0.2) is 35.1 Å². The molecule has 0 fully saturated rings. The molecule has 0 saturated heterocycles. The van der Waals surface area contributed by atoms with Crippen molar-refractivity contribution in [3.8, 4) is 5.75 Å². The number of ketones is 1. The maximum Gasteiger partial charge on any atom is 0.211 e. The fourth-order valence-electron chi connectivity index (χ4n) is 1.71. The highest BCUT2D eigenvalue weighted by Crippen LogP contribution is 2.42. The molecule has 1 aromatic rings. The number of ether oxygens (including phenoxy) is 2. The van der Waals surface area contributed by atoms with Gasteiger partial charge >= 0.3 is 0 Å². The Hall–Kier alpha value is -1.48. The maximum atomic E-state index is 11.7. The lowest BCUT2D eigenvalue weighted by Gasteiger charge is -2.26. The van der Waals surface area contributed by atoms with E-state index < -0.39 is 0 Å². The van der Waals surface area contributed by atoms with E-state index in [2.05, 4.69) is 0 Å². The molecule has 0 spiro atoms. The van der Waals surface area contributed by atoms with Gasteiger partial charge in [-0.25, -0.2) is 0 Å². The number of carbonyl (C=O) groups excluding carboxylic acids is 1. The highest BCUT2D eigenvalue weighted by Gasteiger charge is 2.40. The van der Waals surface area contributed by atoms with Crippen LogP contribution < -0.4 is 4.74 Å². The van der Waals surface area contributed by atoms with Crippen molar-refractivity contribution in [3.63, 3.8) is 0 Å². The van der Waals surface area contributed by atoms with Gasteiger partial charge in [0.2, 0.25) is 5.78 Å². The van der Waals surface area contributed by atoms with Crippen LogP contribution in [-0.2, 0) is 9.53 Å². The molecule has 3 nitrogen and oxygen atoms in total. The number of benzene rings is 1. The molecule has 1 aliphatic carbocycles. The van der Waals surface area contributed by atoms with E-state index in [4.69, 9.17) is 21.1 Å². The average Bonchev–Trinajstić information content (AvgIpc) is 2.31. The minimum absolute atomic E-state index is 0.0716. The fraction of sp³-hybridized carbons (Fsp3) is 0.250. The molecular formula is C12H11ClO3. The zero-order valence-electron chi connectivity index (χ0n) is 8.99. The van der Waals surface area contributed by atoms with Crippen molar-refractivity contribution in [1.82, 2.24) is 0 Å². The highest BCUT2D eigenvalue weighted by atomic mass is 35.5. The summed E-state index contributed by atoms with van der Waals surface area (Å²) in [5.41, 5.74) is 0.858. The minimum atomic E-state index is -0.373.